The molecule has 2 aromatic heterocycles. The summed E-state index contributed by atoms with van der Waals surface area (Å²) in [4.78, 5) is 16.0. The van der Waals surface area contributed by atoms with Crippen molar-refractivity contribution < 1.29 is 4.79 Å². The molecule has 0 saturated carbocycles. The van der Waals surface area contributed by atoms with E-state index in [1.165, 1.54) is 0 Å². The maximum Gasteiger partial charge on any atom is 0.246 e. The molecule has 96 valence electrons. The number of nitrogens with one attached hydrogen (secondary N) is 2. The molecule has 0 unspecified atom stereocenters. The molecule has 2 N–H and O–H groups in total. The summed E-state index contributed by atoms with van der Waals surface area (Å²) in [6.45, 7) is 5.77. The van der Waals surface area contributed by atoms with Crippen LogP contribution in [0.4, 0.5) is 5.69 Å². The average Bonchev–Trinajstić information content (AvgIpc) is 2.86. The first-order chi connectivity index (χ1) is 8.60. The van der Waals surface area contributed by atoms with Gasteiger partial charge in [-0.15, -0.1) is 0 Å². The Kier molecular flexibility index (Phi) is 3.40. The van der Waals surface area contributed by atoms with E-state index < -0.39 is 0 Å². The molecule has 0 spiro atoms. The van der Waals surface area contributed by atoms with Crippen molar-refractivity contribution in [3.63, 3.8) is 0 Å². The number of aromatic nitrogens is 5. The van der Waals surface area contributed by atoms with Crippen molar-refractivity contribution in [2.75, 3.05) is 5.32 Å². The number of anilines is 1. The minimum Gasteiger partial charge on any atom is -0.322 e. The van der Waals surface area contributed by atoms with Crippen LogP contribution in [0.1, 0.15) is 24.3 Å². The van der Waals surface area contributed by atoms with Gasteiger partial charge in [0.05, 0.1) is 17.6 Å². The Morgan fingerprint density at radius 1 is 1.50 bits per heavy atom. The lowest BCUT2D eigenvalue weighted by atomic mass is 10.3. The molecule has 0 aromatic carbocycles. The summed E-state index contributed by atoms with van der Waals surface area (Å²) in [7, 11) is 0. The minimum absolute atomic E-state index is 0.140. The van der Waals surface area contributed by atoms with Crippen LogP contribution in [0, 0.1) is 13.8 Å². The number of hydrogen-bond acceptors (Lipinski definition) is 4. The van der Waals surface area contributed by atoms with E-state index >= 15 is 0 Å². The van der Waals surface area contributed by atoms with Crippen LogP contribution in [-0.2, 0) is 17.8 Å². The lowest BCUT2D eigenvalue weighted by Crippen LogP contribution is -2.20. The van der Waals surface area contributed by atoms with Gasteiger partial charge in [0.1, 0.15) is 18.2 Å². The molecule has 18 heavy (non-hydrogen) atoms. The van der Waals surface area contributed by atoms with Gasteiger partial charge in [0.2, 0.25) is 5.91 Å². The second-order valence-corrected chi connectivity index (χ2v) is 4.03. The van der Waals surface area contributed by atoms with E-state index in [-0.39, 0.29) is 12.5 Å². The van der Waals surface area contributed by atoms with Gasteiger partial charge in [-0.25, -0.2) is 9.67 Å². The highest BCUT2D eigenvalue weighted by Gasteiger charge is 2.11. The standard InChI is InChI=1S/C11H16N6O/c1-4-9-10(5-12-15-9)14-11(18)6-17-8(3)13-7(2)16-17/h5H,4,6H2,1-3H3,(H,12,15)(H,14,18). The predicted octanol–water partition coefficient (Wildman–Crippen LogP) is 0.819. The van der Waals surface area contributed by atoms with Crippen molar-refractivity contribution in [3.05, 3.63) is 23.5 Å². The molecule has 0 aliphatic carbocycles. The van der Waals surface area contributed by atoms with Gasteiger partial charge >= 0.3 is 0 Å². The first-order valence-electron chi connectivity index (χ1n) is 5.80. The van der Waals surface area contributed by atoms with Crippen molar-refractivity contribution in [1.29, 1.82) is 0 Å². The highest BCUT2D eigenvalue weighted by molar-refractivity contribution is 5.90. The summed E-state index contributed by atoms with van der Waals surface area (Å²) in [6, 6.07) is 0. The van der Waals surface area contributed by atoms with E-state index in [4.69, 9.17) is 0 Å². The summed E-state index contributed by atoms with van der Waals surface area (Å²) in [6.07, 6.45) is 2.40. The summed E-state index contributed by atoms with van der Waals surface area (Å²) in [5.74, 6) is 1.25. The molecule has 0 fully saturated rings. The number of rotatable bonds is 4. The average molecular weight is 248 g/mol. The van der Waals surface area contributed by atoms with Crippen LogP contribution in [0.15, 0.2) is 6.20 Å². The Morgan fingerprint density at radius 3 is 2.89 bits per heavy atom. The summed E-state index contributed by atoms with van der Waals surface area (Å²) < 4.78 is 1.58. The van der Waals surface area contributed by atoms with Crippen molar-refractivity contribution in [3.8, 4) is 0 Å². The molecule has 2 rings (SSSR count). The van der Waals surface area contributed by atoms with E-state index in [1.807, 2.05) is 13.8 Å². The van der Waals surface area contributed by atoms with Gasteiger partial charge in [-0.05, 0) is 20.3 Å². The summed E-state index contributed by atoms with van der Waals surface area (Å²) >= 11 is 0. The van der Waals surface area contributed by atoms with Crippen LogP contribution >= 0.6 is 0 Å². The van der Waals surface area contributed by atoms with Crippen LogP contribution in [-0.4, -0.2) is 30.9 Å². The Morgan fingerprint density at radius 2 is 2.28 bits per heavy atom. The van der Waals surface area contributed by atoms with Crippen molar-refractivity contribution in [1.82, 2.24) is 25.0 Å². The highest BCUT2D eigenvalue weighted by atomic mass is 16.2. The molecule has 0 radical (unpaired) electrons. The lowest BCUT2D eigenvalue weighted by molar-refractivity contribution is -0.116. The SMILES string of the molecule is CCc1[nH]ncc1NC(=O)Cn1nc(C)nc1C. The number of aryl methyl sites for hydroxylation is 3. The highest BCUT2D eigenvalue weighted by Crippen LogP contribution is 2.11. The number of nitrogens with zero attached hydrogens (tertiary/aromatic N) is 4. The van der Waals surface area contributed by atoms with Crippen LogP contribution in [0.3, 0.4) is 0 Å². The number of carbonyl (C=O) groups excluding carboxylic acids is 1. The van der Waals surface area contributed by atoms with Gasteiger partial charge in [-0.2, -0.15) is 10.2 Å². The van der Waals surface area contributed by atoms with E-state index in [0.29, 0.717) is 5.82 Å². The fraction of sp³-hybridized carbons (Fsp3) is 0.455. The maximum absolute atomic E-state index is 11.9. The van der Waals surface area contributed by atoms with Gasteiger partial charge in [-0.1, -0.05) is 6.92 Å². The third-order valence-electron chi connectivity index (χ3n) is 2.60. The maximum atomic E-state index is 11.9. The zero-order valence-electron chi connectivity index (χ0n) is 10.7. The van der Waals surface area contributed by atoms with Crippen LogP contribution < -0.4 is 5.32 Å². The quantitative estimate of drug-likeness (QED) is 0.838. The summed E-state index contributed by atoms with van der Waals surface area (Å²) in [5, 5.41) is 13.7. The first kappa shape index (κ1) is 12.3. The number of H-pyrrole nitrogens is 1. The molecular formula is C11H16N6O. The lowest BCUT2D eigenvalue weighted by Gasteiger charge is -2.05. The van der Waals surface area contributed by atoms with Crippen molar-refractivity contribution >= 4 is 11.6 Å². The largest absolute Gasteiger partial charge is 0.322 e. The predicted molar refractivity (Wildman–Crippen MR) is 66.1 cm³/mol. The number of hydrogen-bond donors (Lipinski definition) is 2. The number of aromatic amines is 1. The molecule has 0 saturated heterocycles. The van der Waals surface area contributed by atoms with Gasteiger partial charge in [0.25, 0.3) is 0 Å². The van der Waals surface area contributed by atoms with E-state index in [0.717, 1.165) is 23.6 Å². The second kappa shape index (κ2) is 4.99. The first-order valence-corrected chi connectivity index (χ1v) is 5.80. The van der Waals surface area contributed by atoms with Gasteiger partial charge in [-0.3, -0.25) is 9.89 Å². The molecule has 0 aliphatic rings. The number of carbonyl (C=O) groups is 1. The Balaban J connectivity index is 2.03. The molecule has 7 heteroatoms. The van der Waals surface area contributed by atoms with Crippen LogP contribution in [0.5, 0.6) is 0 Å². The molecule has 7 nitrogen and oxygen atoms in total. The van der Waals surface area contributed by atoms with Crippen LogP contribution in [0.2, 0.25) is 0 Å². The zero-order valence-corrected chi connectivity index (χ0v) is 10.7. The fourth-order valence-corrected chi connectivity index (χ4v) is 1.73. The molecule has 0 atom stereocenters. The molecule has 0 bridgehead atoms. The fourth-order valence-electron chi connectivity index (χ4n) is 1.73. The topological polar surface area (TPSA) is 88.5 Å². The van der Waals surface area contributed by atoms with Crippen molar-refractivity contribution in [2.24, 2.45) is 0 Å². The molecule has 0 aliphatic heterocycles. The van der Waals surface area contributed by atoms with Gasteiger partial charge in [0.15, 0.2) is 0 Å². The minimum atomic E-state index is -0.140. The van der Waals surface area contributed by atoms with E-state index in [2.05, 4.69) is 25.6 Å². The molecule has 2 heterocycles. The second-order valence-electron chi connectivity index (χ2n) is 4.03. The van der Waals surface area contributed by atoms with E-state index in [1.54, 1.807) is 17.8 Å². The summed E-state index contributed by atoms with van der Waals surface area (Å²) in [5.41, 5.74) is 1.63. The van der Waals surface area contributed by atoms with Gasteiger partial charge < -0.3 is 5.32 Å². The molecule has 1 amide bonds. The third-order valence-corrected chi connectivity index (χ3v) is 2.60. The Hall–Kier alpha value is -2.18. The smallest absolute Gasteiger partial charge is 0.246 e. The number of amides is 1. The normalized spacial score (nSPS) is 10.6. The van der Waals surface area contributed by atoms with E-state index in [9.17, 15) is 4.79 Å². The van der Waals surface area contributed by atoms with Crippen LogP contribution in [0.25, 0.3) is 0 Å². The van der Waals surface area contributed by atoms with Crippen molar-refractivity contribution in [2.45, 2.75) is 33.7 Å². The molecular weight excluding hydrogens is 232 g/mol. The monoisotopic (exact) mass is 248 g/mol. The Labute approximate surface area is 105 Å². The third kappa shape index (κ3) is 2.55. The zero-order chi connectivity index (χ0) is 13.1. The van der Waals surface area contributed by atoms with Gasteiger partial charge in [0, 0.05) is 0 Å². The Bertz CT molecular complexity index is 556. The molecule has 2 aromatic rings.